The van der Waals surface area contributed by atoms with Crippen molar-refractivity contribution in [3.63, 3.8) is 0 Å². The van der Waals surface area contributed by atoms with Crippen LogP contribution in [-0.4, -0.2) is 191 Å². The van der Waals surface area contributed by atoms with Crippen molar-refractivity contribution in [3.8, 4) is 0 Å². The Morgan fingerprint density at radius 3 is 2.29 bits per heavy atom. The number of likely N-dealkylation sites (tertiary alicyclic amines) is 1. The number of anilines is 1. The first-order valence-electron chi connectivity index (χ1n) is 25.1. The minimum Gasteiger partial charge on any atom is -0.610 e. The Kier molecular flexibility index (Phi) is 22.7. The number of rotatable bonds is 19. The average molecular weight is 1080 g/mol. The van der Waals surface area contributed by atoms with Gasteiger partial charge in [0.25, 0.3) is 0 Å². The minimum atomic E-state index is -2.08. The molecule has 0 radical (unpaired) electrons. The van der Waals surface area contributed by atoms with Gasteiger partial charge in [-0.05, 0) is 64.0 Å². The molecule has 76 heavy (non-hydrogen) atoms. The first-order valence-corrected chi connectivity index (χ1v) is 26.4. The molecule has 2 aliphatic heterocycles. The maximum Gasteiger partial charge on any atom is 0.245 e. The maximum atomic E-state index is 14.7. The Morgan fingerprint density at radius 1 is 0.947 bits per heavy atom. The SMILES string of the molecule is CCCC1NC(=O)CNC(=O)[C@H](NC(=O)C(C[C@@H](O)CO)N(C)C(=O)[C@@H]2CCCN2C(=O)[C@H](CC(=O)NCc2ccc(NC(=O)[C@H](C)NC)cc2)NC)Cc2c([nH]c3ccccc23)[S+]([O-])C[C@@H](C=O)NC(=O)CNC1=O. The van der Waals surface area contributed by atoms with Gasteiger partial charge >= 0.3 is 0 Å². The van der Waals surface area contributed by atoms with E-state index >= 15 is 0 Å². The lowest BCUT2D eigenvalue weighted by atomic mass is 10.0. The fourth-order valence-corrected chi connectivity index (χ4v) is 10.1. The number of amides is 9. The molecule has 414 valence electrons. The first kappa shape index (κ1) is 59.9. The molecular weight excluding hydrogens is 1010 g/mol. The monoisotopic (exact) mass is 1080 g/mol. The summed E-state index contributed by atoms with van der Waals surface area (Å²) in [4.78, 5) is 140. The number of aldehydes is 1. The number of likely N-dealkylation sites (N-methyl/N-ethyl adjacent to an activating group) is 3. The number of H-pyrrole nitrogens is 1. The van der Waals surface area contributed by atoms with Crippen LogP contribution in [0.1, 0.15) is 63.5 Å². The van der Waals surface area contributed by atoms with Gasteiger partial charge in [0, 0.05) is 66.3 Å². The van der Waals surface area contributed by atoms with Gasteiger partial charge in [-0.3, -0.25) is 43.2 Å². The summed E-state index contributed by atoms with van der Waals surface area (Å²) in [6.45, 7) is 1.64. The Morgan fingerprint density at radius 2 is 1.63 bits per heavy atom. The van der Waals surface area contributed by atoms with E-state index < -0.39 is 145 Å². The number of fused-ring (bicyclic) bond motifs is 3. The van der Waals surface area contributed by atoms with Gasteiger partial charge in [-0.1, -0.05) is 43.7 Å². The summed E-state index contributed by atoms with van der Waals surface area (Å²) >= 11 is -2.08. The number of hydrogen-bond acceptors (Lipinski definition) is 15. The van der Waals surface area contributed by atoms with E-state index in [1.54, 1.807) is 69.4 Å². The molecule has 12 N–H and O–H groups in total. The zero-order valence-corrected chi connectivity index (χ0v) is 44.0. The molecule has 2 aromatic carbocycles. The molecule has 1 fully saturated rings. The molecule has 0 bridgehead atoms. The largest absolute Gasteiger partial charge is 0.610 e. The van der Waals surface area contributed by atoms with E-state index in [1.807, 2.05) is 0 Å². The number of benzene rings is 2. The molecule has 2 aliphatic rings. The van der Waals surface area contributed by atoms with Crippen LogP contribution >= 0.6 is 0 Å². The summed E-state index contributed by atoms with van der Waals surface area (Å²) in [5.74, 6) is -6.63. The molecule has 3 heterocycles. The van der Waals surface area contributed by atoms with Crippen LogP contribution in [-0.2, 0) is 72.1 Å². The van der Waals surface area contributed by atoms with Crippen LogP contribution < -0.4 is 47.9 Å². The Bertz CT molecular complexity index is 2570. The third-order valence-corrected chi connectivity index (χ3v) is 14.6. The number of aromatic amines is 1. The van der Waals surface area contributed by atoms with Crippen molar-refractivity contribution in [2.75, 3.05) is 58.5 Å². The number of aliphatic hydroxyl groups is 2. The molecular formula is C50H70N12O13S. The maximum absolute atomic E-state index is 14.7. The van der Waals surface area contributed by atoms with Crippen molar-refractivity contribution in [1.29, 1.82) is 0 Å². The van der Waals surface area contributed by atoms with E-state index in [2.05, 4.69) is 52.8 Å². The van der Waals surface area contributed by atoms with Gasteiger partial charge in [0.2, 0.25) is 58.2 Å². The van der Waals surface area contributed by atoms with E-state index in [4.69, 9.17) is 0 Å². The highest BCUT2D eigenvalue weighted by Gasteiger charge is 2.42. The molecule has 9 amide bonds. The van der Waals surface area contributed by atoms with E-state index in [-0.39, 0.29) is 48.8 Å². The van der Waals surface area contributed by atoms with E-state index in [9.17, 15) is 62.7 Å². The number of aliphatic hydroxyl groups excluding tert-OH is 2. The van der Waals surface area contributed by atoms with Gasteiger partial charge in [0.05, 0.1) is 44.3 Å². The number of carbonyl (C=O) groups is 10. The molecule has 3 aromatic rings. The lowest BCUT2D eigenvalue weighted by molar-refractivity contribution is -0.149. The molecule has 9 atom stereocenters. The van der Waals surface area contributed by atoms with Gasteiger partial charge in [-0.25, -0.2) is 0 Å². The van der Waals surface area contributed by atoms with Gasteiger partial charge in [0.1, 0.15) is 42.2 Å². The highest BCUT2D eigenvalue weighted by atomic mass is 32.2. The van der Waals surface area contributed by atoms with Crippen molar-refractivity contribution < 1.29 is 62.7 Å². The predicted octanol–water partition coefficient (Wildman–Crippen LogP) is -3.08. The van der Waals surface area contributed by atoms with Crippen molar-refractivity contribution in [2.24, 2.45) is 0 Å². The smallest absolute Gasteiger partial charge is 0.245 e. The van der Waals surface area contributed by atoms with Gasteiger partial charge in [-0.2, -0.15) is 0 Å². The van der Waals surface area contributed by atoms with Gasteiger partial charge < -0.3 is 82.2 Å². The molecule has 25 nitrogen and oxygen atoms in total. The lowest BCUT2D eigenvalue weighted by Gasteiger charge is -2.35. The third kappa shape index (κ3) is 16.3. The molecule has 0 spiro atoms. The Hall–Kier alpha value is -6.97. The Balaban J connectivity index is 1.37. The van der Waals surface area contributed by atoms with Gasteiger partial charge in [-0.15, -0.1) is 0 Å². The zero-order chi connectivity index (χ0) is 55.6. The summed E-state index contributed by atoms with van der Waals surface area (Å²) in [7, 11) is 4.43. The number of para-hydroxylation sites is 1. The minimum absolute atomic E-state index is 0.0417. The molecule has 0 saturated carbocycles. The second kappa shape index (κ2) is 28.8. The highest BCUT2D eigenvalue weighted by Crippen LogP contribution is 2.29. The fraction of sp³-hybridized carbons (Fsp3) is 0.520. The molecule has 5 rings (SSSR count). The summed E-state index contributed by atoms with van der Waals surface area (Å²) in [6, 6.07) is 5.32. The van der Waals surface area contributed by atoms with Crippen LogP contribution in [0.4, 0.5) is 5.69 Å². The van der Waals surface area contributed by atoms with Crippen molar-refractivity contribution in [2.45, 2.75) is 119 Å². The second-order valence-electron chi connectivity index (χ2n) is 18.7. The van der Waals surface area contributed by atoms with Crippen LogP contribution in [0.2, 0.25) is 0 Å². The van der Waals surface area contributed by atoms with Crippen LogP contribution in [0.25, 0.3) is 10.9 Å². The average Bonchev–Trinajstić information content (AvgIpc) is 4.06. The molecule has 3 unspecified atom stereocenters. The summed E-state index contributed by atoms with van der Waals surface area (Å²) in [6.07, 6.45) is -1.29. The fourth-order valence-electron chi connectivity index (χ4n) is 8.76. The standard InChI is InChI=1S/C50H70N12O13S/c1-6-10-36-45(70)54-23-42(67)56-31(25-63)27-76(75)48-34(33-11-7-8-12-35(33)60-48)20-37(46(71)55-24-43(68)58-36)59-47(72)40(19-32(65)26-64)61(5)50(74)39-13-9-18-62(39)49(73)38(52-4)21-41(66)53-22-29-14-16-30(17-15-29)57-44(69)28(2)51-3/h7-8,11-12,14-17,25,28,31-32,36-40,51-52,60,64-65H,6,9-10,13,18-24,26-27H2,1-5H3,(H,53,66)(H,54,70)(H,55,71)(H,56,67)(H,57,69)(H,58,68)(H,59,72)/t28-,31+,32+,36?,37+,38-,39-,40?,76?/m0/s1. The number of hydrogen-bond donors (Lipinski definition) is 12. The quantitative estimate of drug-likeness (QED) is 0.0419. The number of aromatic nitrogens is 1. The number of carbonyl (C=O) groups excluding carboxylic acids is 10. The van der Waals surface area contributed by atoms with Crippen LogP contribution in [0, 0.1) is 0 Å². The number of nitrogens with one attached hydrogen (secondary N) is 10. The molecule has 1 aromatic heterocycles. The topological polar surface area (TPSA) is 365 Å². The highest BCUT2D eigenvalue weighted by molar-refractivity contribution is 7.91. The molecule has 1 saturated heterocycles. The van der Waals surface area contributed by atoms with Crippen molar-refractivity contribution in [3.05, 3.63) is 59.7 Å². The molecule has 0 aliphatic carbocycles. The normalized spacial score (nSPS) is 21.4. The zero-order valence-electron chi connectivity index (χ0n) is 43.2. The van der Waals surface area contributed by atoms with Crippen molar-refractivity contribution >= 4 is 87.2 Å². The van der Waals surface area contributed by atoms with E-state index in [0.717, 1.165) is 10.5 Å². The second-order valence-corrected chi connectivity index (χ2v) is 20.1. The number of nitrogens with zero attached hydrogens (tertiary/aromatic N) is 2. The predicted molar refractivity (Wildman–Crippen MR) is 278 cm³/mol. The summed E-state index contributed by atoms with van der Waals surface area (Å²) in [5, 5.41) is 45.0. The third-order valence-electron chi connectivity index (χ3n) is 13.2. The lowest BCUT2D eigenvalue weighted by Crippen LogP contribution is -2.59. The van der Waals surface area contributed by atoms with Gasteiger partial charge in [0.15, 0.2) is 0 Å². The summed E-state index contributed by atoms with van der Waals surface area (Å²) in [5.41, 5.74) is 2.01. The van der Waals surface area contributed by atoms with Crippen molar-refractivity contribution in [1.82, 2.24) is 57.3 Å². The van der Waals surface area contributed by atoms with Crippen LogP contribution in [0.15, 0.2) is 53.6 Å². The summed E-state index contributed by atoms with van der Waals surface area (Å²) < 4.78 is 14.1. The first-order chi connectivity index (χ1) is 36.3. The molecule has 26 heteroatoms. The Labute approximate surface area is 442 Å². The van der Waals surface area contributed by atoms with Crippen LogP contribution in [0.3, 0.4) is 0 Å². The van der Waals surface area contributed by atoms with E-state index in [0.29, 0.717) is 35.7 Å². The van der Waals surface area contributed by atoms with E-state index in [1.165, 1.54) is 19.0 Å². The van der Waals surface area contributed by atoms with Crippen LogP contribution in [0.5, 0.6) is 0 Å².